The summed E-state index contributed by atoms with van der Waals surface area (Å²) in [7, 11) is 0. The number of aliphatic hydroxyl groups is 1. The average Bonchev–Trinajstić information content (AvgIpc) is 2.82. The number of hydrogen-bond donors (Lipinski definition) is 1. The highest BCUT2D eigenvalue weighted by Crippen LogP contribution is 2.28. The molecule has 4 aromatic heterocycles. The Bertz CT molecular complexity index is 1470. The Morgan fingerprint density at radius 3 is 2.60 bits per heavy atom. The van der Waals surface area contributed by atoms with Crippen molar-refractivity contribution in [1.29, 1.82) is 0 Å². The van der Waals surface area contributed by atoms with Crippen LogP contribution in [-0.2, 0) is 12.2 Å². The first-order valence-corrected chi connectivity index (χ1v) is 11.5. The summed E-state index contributed by atoms with van der Waals surface area (Å²) >= 11 is 3.34. The van der Waals surface area contributed by atoms with E-state index in [-0.39, 0.29) is 33.9 Å². The minimum absolute atomic E-state index is 0.121. The smallest absolute Gasteiger partial charge is 0.273 e. The van der Waals surface area contributed by atoms with Gasteiger partial charge in [0.1, 0.15) is 33.9 Å². The van der Waals surface area contributed by atoms with Crippen molar-refractivity contribution < 1.29 is 14.2 Å². The highest BCUT2D eigenvalue weighted by molar-refractivity contribution is 9.10. The highest BCUT2D eigenvalue weighted by atomic mass is 79.9. The Morgan fingerprint density at radius 2 is 1.89 bits per heavy atom. The van der Waals surface area contributed by atoms with E-state index >= 15 is 0 Å². The number of hydrogen-bond acceptors (Lipinski definition) is 7. The summed E-state index contributed by atoms with van der Waals surface area (Å²) in [6, 6.07) is 7.95. The molecule has 0 saturated heterocycles. The van der Waals surface area contributed by atoms with E-state index in [0.29, 0.717) is 22.8 Å². The molecule has 8 nitrogen and oxygen atoms in total. The fraction of sp³-hybridized carbons (Fsp3) is 0.240. The van der Waals surface area contributed by atoms with Crippen molar-refractivity contribution in [3.05, 3.63) is 92.3 Å². The quantitative estimate of drug-likeness (QED) is 0.387. The Hall–Kier alpha value is -3.50. The number of nitrogens with zero attached hydrogens (tertiary/aromatic N) is 5. The predicted octanol–water partition coefficient (Wildman–Crippen LogP) is 4.41. The molecular weight excluding hydrogens is 517 g/mol. The van der Waals surface area contributed by atoms with Crippen molar-refractivity contribution in [3.63, 3.8) is 0 Å². The van der Waals surface area contributed by atoms with Gasteiger partial charge in [-0.25, -0.2) is 14.4 Å². The zero-order chi connectivity index (χ0) is 25.3. The van der Waals surface area contributed by atoms with Crippen LogP contribution in [0.15, 0.2) is 58.2 Å². The molecule has 0 aliphatic heterocycles. The number of aryl methyl sites for hydroxylation is 2. The van der Waals surface area contributed by atoms with Crippen molar-refractivity contribution in [2.75, 3.05) is 0 Å². The molecule has 4 aromatic rings. The van der Waals surface area contributed by atoms with Crippen LogP contribution in [-0.4, -0.2) is 29.6 Å². The van der Waals surface area contributed by atoms with Gasteiger partial charge >= 0.3 is 0 Å². The number of ether oxygens (including phenoxy) is 1. The van der Waals surface area contributed by atoms with Crippen LogP contribution >= 0.6 is 15.9 Å². The van der Waals surface area contributed by atoms with E-state index in [1.54, 1.807) is 51.4 Å². The maximum atomic E-state index is 13.9. The molecule has 0 aromatic carbocycles. The Morgan fingerprint density at radius 1 is 1.11 bits per heavy atom. The molecule has 4 rings (SSSR count). The third-order valence-electron chi connectivity index (χ3n) is 5.28. The molecule has 0 fully saturated rings. The van der Waals surface area contributed by atoms with Crippen LogP contribution in [0.1, 0.15) is 36.6 Å². The first-order valence-electron chi connectivity index (χ1n) is 10.7. The fourth-order valence-electron chi connectivity index (χ4n) is 3.45. The van der Waals surface area contributed by atoms with E-state index in [4.69, 9.17) is 4.74 Å². The monoisotopic (exact) mass is 539 g/mol. The van der Waals surface area contributed by atoms with Crippen LogP contribution in [0, 0.1) is 19.7 Å². The molecule has 0 aliphatic carbocycles. The normalized spacial score (nSPS) is 11.5. The van der Waals surface area contributed by atoms with Crippen molar-refractivity contribution in [2.24, 2.45) is 0 Å². The third kappa shape index (κ3) is 5.13. The molecule has 0 amide bonds. The molecule has 0 bridgehead atoms. The summed E-state index contributed by atoms with van der Waals surface area (Å²) in [4.78, 5) is 30.4. The highest BCUT2D eigenvalue weighted by Gasteiger charge is 2.21. The molecular formula is C25H23BrFN5O3. The third-order valence-corrected chi connectivity index (χ3v) is 6.01. The molecule has 0 unspecified atom stereocenters. The van der Waals surface area contributed by atoms with E-state index < -0.39 is 11.4 Å². The van der Waals surface area contributed by atoms with Crippen molar-refractivity contribution in [1.82, 2.24) is 24.5 Å². The van der Waals surface area contributed by atoms with E-state index in [0.717, 1.165) is 5.56 Å². The summed E-state index contributed by atoms with van der Waals surface area (Å²) in [5.41, 5.74) is 1.61. The van der Waals surface area contributed by atoms with Gasteiger partial charge in [-0.3, -0.25) is 19.3 Å². The van der Waals surface area contributed by atoms with Crippen LogP contribution in [0.4, 0.5) is 4.39 Å². The van der Waals surface area contributed by atoms with E-state index in [2.05, 4.69) is 35.9 Å². The van der Waals surface area contributed by atoms with Gasteiger partial charge in [-0.2, -0.15) is 0 Å². The minimum Gasteiger partial charge on any atom is -0.486 e. The fourth-order valence-corrected chi connectivity index (χ4v) is 3.85. The molecule has 0 spiro atoms. The van der Waals surface area contributed by atoms with Crippen LogP contribution in [0.25, 0.3) is 17.1 Å². The second-order valence-electron chi connectivity index (χ2n) is 8.51. The number of pyridine rings is 3. The average molecular weight is 540 g/mol. The summed E-state index contributed by atoms with van der Waals surface area (Å²) in [5.74, 6) is 0.0679. The lowest BCUT2D eigenvalue weighted by atomic mass is 10.1. The first-order chi connectivity index (χ1) is 16.6. The van der Waals surface area contributed by atoms with Gasteiger partial charge in [0, 0.05) is 30.4 Å². The summed E-state index contributed by atoms with van der Waals surface area (Å²) in [6.07, 6.45) is 4.69. The van der Waals surface area contributed by atoms with Crippen molar-refractivity contribution in [2.45, 2.75) is 39.9 Å². The topological polar surface area (TPSA) is 103 Å². The maximum Gasteiger partial charge on any atom is 0.273 e. The second kappa shape index (κ2) is 9.63. The summed E-state index contributed by atoms with van der Waals surface area (Å²) < 4.78 is 21.3. The minimum atomic E-state index is -1.21. The van der Waals surface area contributed by atoms with Gasteiger partial charge in [-0.05, 0) is 73.5 Å². The van der Waals surface area contributed by atoms with Gasteiger partial charge in [-0.1, -0.05) is 0 Å². The maximum absolute atomic E-state index is 13.9. The standard InChI is InChI=1S/C25H23BrFN5O3/c1-14-12-30-18(17-7-9-29-24(31-17)25(3,4)34)11-20(14)32-15(2)10-21(22(26)23(32)33)35-13-19-16(27)6-5-8-28-19/h5-12,34H,13H2,1-4H3. The van der Waals surface area contributed by atoms with Gasteiger partial charge in [0.15, 0.2) is 5.82 Å². The first kappa shape index (κ1) is 24.6. The second-order valence-corrected chi connectivity index (χ2v) is 9.30. The van der Waals surface area contributed by atoms with Gasteiger partial charge in [-0.15, -0.1) is 0 Å². The van der Waals surface area contributed by atoms with E-state index in [1.807, 2.05) is 6.92 Å². The lowest BCUT2D eigenvalue weighted by molar-refractivity contribution is 0.0688. The number of halogens is 2. The van der Waals surface area contributed by atoms with Crippen LogP contribution in [0.5, 0.6) is 5.75 Å². The van der Waals surface area contributed by atoms with E-state index in [9.17, 15) is 14.3 Å². The molecule has 0 radical (unpaired) electrons. The zero-order valence-electron chi connectivity index (χ0n) is 19.6. The number of rotatable bonds is 6. The lowest BCUT2D eigenvalue weighted by Crippen LogP contribution is -2.23. The molecule has 0 aliphatic rings. The van der Waals surface area contributed by atoms with Crippen molar-refractivity contribution >= 4 is 15.9 Å². The molecule has 0 atom stereocenters. The molecule has 180 valence electrons. The molecule has 10 heteroatoms. The molecule has 1 N–H and O–H groups in total. The Labute approximate surface area is 209 Å². The Kier molecular flexibility index (Phi) is 6.77. The van der Waals surface area contributed by atoms with E-state index in [1.165, 1.54) is 22.9 Å². The SMILES string of the molecule is Cc1cnc(-c2ccnc(C(C)(C)O)n2)cc1-n1c(C)cc(OCc2ncccc2F)c(Br)c1=O. The molecule has 35 heavy (non-hydrogen) atoms. The largest absolute Gasteiger partial charge is 0.486 e. The van der Waals surface area contributed by atoms with Crippen LogP contribution < -0.4 is 10.3 Å². The van der Waals surface area contributed by atoms with Crippen molar-refractivity contribution in [3.8, 4) is 22.8 Å². The van der Waals surface area contributed by atoms with Gasteiger partial charge < -0.3 is 9.84 Å². The predicted molar refractivity (Wildman–Crippen MR) is 132 cm³/mol. The van der Waals surface area contributed by atoms with Crippen LogP contribution in [0.3, 0.4) is 0 Å². The lowest BCUT2D eigenvalue weighted by Gasteiger charge is -2.18. The summed E-state index contributed by atoms with van der Waals surface area (Å²) in [5, 5.41) is 10.3. The molecule has 4 heterocycles. The Balaban J connectivity index is 1.73. The van der Waals surface area contributed by atoms with Gasteiger partial charge in [0.05, 0.1) is 17.1 Å². The number of aromatic nitrogens is 5. The van der Waals surface area contributed by atoms with Crippen LogP contribution in [0.2, 0.25) is 0 Å². The zero-order valence-corrected chi connectivity index (χ0v) is 21.2. The van der Waals surface area contributed by atoms with Gasteiger partial charge in [0.2, 0.25) is 0 Å². The molecule has 0 saturated carbocycles. The summed E-state index contributed by atoms with van der Waals surface area (Å²) in [6.45, 7) is 6.71. The van der Waals surface area contributed by atoms with Gasteiger partial charge in [0.25, 0.3) is 5.56 Å².